The van der Waals surface area contributed by atoms with E-state index in [2.05, 4.69) is 9.78 Å². The summed E-state index contributed by atoms with van der Waals surface area (Å²) in [5.41, 5.74) is -0.438. The predicted molar refractivity (Wildman–Crippen MR) is 53.5 cm³/mol. The molecule has 1 fully saturated rings. The van der Waals surface area contributed by atoms with Crippen molar-refractivity contribution in [1.82, 2.24) is 0 Å². The number of hydrogen-bond donors (Lipinski definition) is 0. The van der Waals surface area contributed by atoms with E-state index in [4.69, 9.17) is 0 Å². The minimum atomic E-state index is -0.513. The summed E-state index contributed by atoms with van der Waals surface area (Å²) in [5.74, 6) is -0.862. The fourth-order valence-corrected chi connectivity index (χ4v) is 1.57. The molecule has 1 aliphatic carbocycles. The van der Waals surface area contributed by atoms with Crippen molar-refractivity contribution < 1.29 is 19.4 Å². The standard InChI is InChI=1S/C11H18O4/c1-5-8-6-11(8,4)10(13)15-14-9(12)7(2)3/h7-8H,5-6H2,1-4H3. The molecule has 0 aromatic heterocycles. The van der Waals surface area contributed by atoms with Crippen LogP contribution in [0.4, 0.5) is 0 Å². The van der Waals surface area contributed by atoms with E-state index in [-0.39, 0.29) is 5.92 Å². The molecule has 2 unspecified atom stereocenters. The van der Waals surface area contributed by atoms with Gasteiger partial charge in [0.25, 0.3) is 0 Å². The van der Waals surface area contributed by atoms with Crippen molar-refractivity contribution >= 4 is 11.9 Å². The molecule has 0 N–H and O–H groups in total. The average Bonchev–Trinajstić information content (AvgIpc) is 2.87. The zero-order valence-corrected chi connectivity index (χ0v) is 9.70. The Morgan fingerprint density at radius 3 is 2.40 bits per heavy atom. The molecular weight excluding hydrogens is 196 g/mol. The van der Waals surface area contributed by atoms with Gasteiger partial charge in [0.05, 0.1) is 11.3 Å². The zero-order chi connectivity index (χ0) is 11.6. The lowest BCUT2D eigenvalue weighted by atomic mass is 10.1. The van der Waals surface area contributed by atoms with Crippen molar-refractivity contribution in [2.45, 2.75) is 40.5 Å². The highest BCUT2D eigenvalue weighted by molar-refractivity contribution is 5.80. The van der Waals surface area contributed by atoms with Crippen LogP contribution in [0.25, 0.3) is 0 Å². The van der Waals surface area contributed by atoms with Crippen LogP contribution in [0.5, 0.6) is 0 Å². The summed E-state index contributed by atoms with van der Waals surface area (Å²) >= 11 is 0. The van der Waals surface area contributed by atoms with Gasteiger partial charge in [-0.1, -0.05) is 27.2 Å². The summed E-state index contributed by atoms with van der Waals surface area (Å²) in [5, 5.41) is 0. The molecule has 0 aliphatic heterocycles. The van der Waals surface area contributed by atoms with Gasteiger partial charge in [0.1, 0.15) is 0 Å². The Labute approximate surface area is 89.9 Å². The first kappa shape index (κ1) is 12.0. The quantitative estimate of drug-likeness (QED) is 0.533. The SMILES string of the molecule is CCC1CC1(C)C(=O)OOC(=O)C(C)C. The van der Waals surface area contributed by atoms with Crippen molar-refractivity contribution in [1.29, 1.82) is 0 Å². The van der Waals surface area contributed by atoms with E-state index < -0.39 is 17.4 Å². The summed E-state index contributed by atoms with van der Waals surface area (Å²) in [6.07, 6.45) is 1.77. The van der Waals surface area contributed by atoms with Crippen molar-refractivity contribution in [3.63, 3.8) is 0 Å². The van der Waals surface area contributed by atoms with E-state index in [1.165, 1.54) is 0 Å². The largest absolute Gasteiger partial charge is 0.361 e. The first-order valence-corrected chi connectivity index (χ1v) is 5.34. The van der Waals surface area contributed by atoms with Crippen LogP contribution in [0.1, 0.15) is 40.5 Å². The second-order valence-corrected chi connectivity index (χ2v) is 4.65. The minimum Gasteiger partial charge on any atom is -0.247 e. The molecule has 0 bridgehead atoms. The molecule has 0 aromatic carbocycles. The van der Waals surface area contributed by atoms with Gasteiger partial charge in [-0.05, 0) is 19.3 Å². The van der Waals surface area contributed by atoms with Crippen LogP contribution in [-0.2, 0) is 19.4 Å². The summed E-state index contributed by atoms with van der Waals surface area (Å²) in [6.45, 7) is 7.24. The van der Waals surface area contributed by atoms with Gasteiger partial charge in [0.2, 0.25) is 0 Å². The lowest BCUT2D eigenvalue weighted by molar-refractivity contribution is -0.265. The molecule has 1 saturated carbocycles. The molecule has 1 aliphatic rings. The highest BCUT2D eigenvalue weighted by Gasteiger charge is 2.57. The first-order chi connectivity index (χ1) is 6.91. The molecule has 0 saturated heterocycles. The van der Waals surface area contributed by atoms with Crippen LogP contribution in [0, 0.1) is 17.3 Å². The van der Waals surface area contributed by atoms with Crippen LogP contribution in [0.15, 0.2) is 0 Å². The molecule has 0 heterocycles. The molecule has 0 spiro atoms. The van der Waals surface area contributed by atoms with Crippen LogP contribution >= 0.6 is 0 Å². The maximum absolute atomic E-state index is 11.5. The van der Waals surface area contributed by atoms with Crippen molar-refractivity contribution in [2.24, 2.45) is 17.3 Å². The van der Waals surface area contributed by atoms with Gasteiger partial charge >= 0.3 is 11.9 Å². The molecule has 15 heavy (non-hydrogen) atoms. The Morgan fingerprint density at radius 1 is 1.40 bits per heavy atom. The maximum Gasteiger partial charge on any atom is 0.361 e. The molecule has 1 rings (SSSR count). The Morgan fingerprint density at radius 2 is 2.00 bits per heavy atom. The number of rotatable bonds is 3. The third-order valence-electron chi connectivity index (χ3n) is 3.04. The van der Waals surface area contributed by atoms with Crippen LogP contribution in [0.2, 0.25) is 0 Å². The van der Waals surface area contributed by atoms with Gasteiger partial charge in [-0.25, -0.2) is 19.4 Å². The van der Waals surface area contributed by atoms with Crippen LogP contribution in [-0.4, -0.2) is 11.9 Å². The van der Waals surface area contributed by atoms with Gasteiger partial charge < -0.3 is 0 Å². The van der Waals surface area contributed by atoms with Crippen molar-refractivity contribution in [3.8, 4) is 0 Å². The molecule has 4 nitrogen and oxygen atoms in total. The molecular formula is C11H18O4. The second kappa shape index (κ2) is 4.21. The van der Waals surface area contributed by atoms with E-state index in [1.54, 1.807) is 13.8 Å². The fourth-order valence-electron chi connectivity index (χ4n) is 1.57. The van der Waals surface area contributed by atoms with Gasteiger partial charge in [0, 0.05) is 0 Å². The third kappa shape index (κ3) is 2.49. The normalized spacial score (nSPS) is 28.7. The minimum absolute atomic E-state index is 0.285. The van der Waals surface area contributed by atoms with E-state index >= 15 is 0 Å². The summed E-state index contributed by atoms with van der Waals surface area (Å²) in [7, 11) is 0. The summed E-state index contributed by atoms with van der Waals surface area (Å²) in [6, 6.07) is 0. The number of hydrogen-bond acceptors (Lipinski definition) is 4. The van der Waals surface area contributed by atoms with Gasteiger partial charge in [-0.15, -0.1) is 0 Å². The van der Waals surface area contributed by atoms with Gasteiger partial charge in [-0.3, -0.25) is 0 Å². The van der Waals surface area contributed by atoms with Crippen molar-refractivity contribution in [2.75, 3.05) is 0 Å². The molecule has 0 amide bonds. The monoisotopic (exact) mass is 214 g/mol. The van der Waals surface area contributed by atoms with E-state index in [1.807, 2.05) is 13.8 Å². The second-order valence-electron chi connectivity index (χ2n) is 4.65. The summed E-state index contributed by atoms with van der Waals surface area (Å²) < 4.78 is 0. The summed E-state index contributed by atoms with van der Waals surface area (Å²) in [4.78, 5) is 31.5. The van der Waals surface area contributed by atoms with Crippen LogP contribution in [0.3, 0.4) is 0 Å². The van der Waals surface area contributed by atoms with Crippen molar-refractivity contribution in [3.05, 3.63) is 0 Å². The molecule has 4 heteroatoms. The Kier molecular flexibility index (Phi) is 3.37. The number of carbonyl (C=O) groups is 2. The van der Waals surface area contributed by atoms with E-state index in [0.717, 1.165) is 12.8 Å². The highest BCUT2D eigenvalue weighted by Crippen LogP contribution is 2.54. The Balaban J connectivity index is 2.35. The molecule has 0 aromatic rings. The van der Waals surface area contributed by atoms with Gasteiger partial charge in [-0.2, -0.15) is 0 Å². The zero-order valence-electron chi connectivity index (χ0n) is 9.70. The Bertz CT molecular complexity index is 272. The number of carbonyl (C=O) groups excluding carboxylic acids is 2. The van der Waals surface area contributed by atoms with Crippen LogP contribution < -0.4 is 0 Å². The molecule has 86 valence electrons. The first-order valence-electron chi connectivity index (χ1n) is 5.34. The average molecular weight is 214 g/mol. The topological polar surface area (TPSA) is 52.6 Å². The smallest absolute Gasteiger partial charge is 0.247 e. The molecule has 0 radical (unpaired) electrons. The van der Waals surface area contributed by atoms with Gasteiger partial charge in [0.15, 0.2) is 0 Å². The van der Waals surface area contributed by atoms with E-state index in [0.29, 0.717) is 5.92 Å². The lowest BCUT2D eigenvalue weighted by Crippen LogP contribution is -2.22. The molecule has 2 atom stereocenters. The fraction of sp³-hybridized carbons (Fsp3) is 0.818. The Hall–Kier alpha value is -1.06. The third-order valence-corrected chi connectivity index (χ3v) is 3.04. The lowest BCUT2D eigenvalue weighted by Gasteiger charge is -2.09. The predicted octanol–water partition coefficient (Wildman–Crippen LogP) is 2.08. The maximum atomic E-state index is 11.5. The highest BCUT2D eigenvalue weighted by atomic mass is 17.2. The van der Waals surface area contributed by atoms with E-state index in [9.17, 15) is 9.59 Å².